The number of aromatic nitrogens is 2. The Bertz CT molecular complexity index is 726. The van der Waals surface area contributed by atoms with Gasteiger partial charge in [-0.05, 0) is 25.1 Å². The van der Waals surface area contributed by atoms with Crippen LogP contribution in [0.15, 0.2) is 28.7 Å². The molecule has 0 bridgehead atoms. The third-order valence-corrected chi connectivity index (χ3v) is 3.35. The van der Waals surface area contributed by atoms with Gasteiger partial charge in [0.25, 0.3) is 0 Å². The van der Waals surface area contributed by atoms with Crippen LogP contribution in [0.5, 0.6) is 0 Å². The molecule has 0 spiro atoms. The molecule has 2 rings (SSSR count). The van der Waals surface area contributed by atoms with Crippen LogP contribution in [-0.2, 0) is 6.18 Å². The summed E-state index contributed by atoms with van der Waals surface area (Å²) < 4.78 is 53.2. The Labute approximate surface area is 143 Å². The van der Waals surface area contributed by atoms with Crippen molar-refractivity contribution in [3.05, 3.63) is 40.2 Å². The second-order valence-corrected chi connectivity index (χ2v) is 5.85. The van der Waals surface area contributed by atoms with E-state index in [9.17, 15) is 17.6 Å². The van der Waals surface area contributed by atoms with E-state index < -0.39 is 23.7 Å². The van der Waals surface area contributed by atoms with Crippen molar-refractivity contribution in [1.82, 2.24) is 9.97 Å². The maximum absolute atomic E-state index is 13.8. The van der Waals surface area contributed by atoms with Crippen LogP contribution in [0.1, 0.15) is 12.6 Å². The van der Waals surface area contributed by atoms with Gasteiger partial charge in [-0.25, -0.2) is 9.37 Å². The molecule has 0 aliphatic carbocycles. The van der Waals surface area contributed by atoms with E-state index in [2.05, 4.69) is 36.5 Å². The molecule has 0 saturated carbocycles. The van der Waals surface area contributed by atoms with Crippen molar-refractivity contribution in [1.29, 1.82) is 0 Å². The van der Waals surface area contributed by atoms with Gasteiger partial charge in [-0.15, -0.1) is 0 Å². The minimum absolute atomic E-state index is 0.0359. The van der Waals surface area contributed by atoms with Crippen LogP contribution in [0.4, 0.5) is 35.0 Å². The summed E-state index contributed by atoms with van der Waals surface area (Å²) >= 11 is 3.09. The summed E-state index contributed by atoms with van der Waals surface area (Å²) in [5.41, 5.74) is -1.23. The molecule has 1 aromatic heterocycles. The molecular formula is C14H13BrF4N4O. The smallest absolute Gasteiger partial charge is 0.394 e. The molecule has 24 heavy (non-hydrogen) atoms. The van der Waals surface area contributed by atoms with E-state index in [1.54, 1.807) is 6.92 Å². The van der Waals surface area contributed by atoms with Crippen molar-refractivity contribution in [2.45, 2.75) is 19.1 Å². The Morgan fingerprint density at radius 1 is 1.25 bits per heavy atom. The molecule has 0 saturated heterocycles. The fourth-order valence-electron chi connectivity index (χ4n) is 1.72. The molecule has 1 heterocycles. The van der Waals surface area contributed by atoms with Crippen LogP contribution in [0.2, 0.25) is 0 Å². The summed E-state index contributed by atoms with van der Waals surface area (Å²) in [7, 11) is 0. The molecule has 0 fully saturated rings. The molecule has 0 radical (unpaired) electrons. The number of nitrogens with zero attached hydrogens (tertiary/aromatic N) is 2. The third kappa shape index (κ3) is 4.78. The van der Waals surface area contributed by atoms with Gasteiger partial charge in [-0.2, -0.15) is 18.2 Å². The Kier molecular flexibility index (Phi) is 5.60. The van der Waals surface area contributed by atoms with Gasteiger partial charge in [-0.3, -0.25) is 0 Å². The Morgan fingerprint density at radius 2 is 1.96 bits per heavy atom. The van der Waals surface area contributed by atoms with Gasteiger partial charge >= 0.3 is 6.18 Å². The lowest BCUT2D eigenvalue weighted by Gasteiger charge is -2.15. The van der Waals surface area contributed by atoms with E-state index in [4.69, 9.17) is 5.11 Å². The number of rotatable bonds is 5. The molecule has 0 unspecified atom stereocenters. The quantitative estimate of drug-likeness (QED) is 0.653. The molecule has 5 nitrogen and oxygen atoms in total. The lowest BCUT2D eigenvalue weighted by molar-refractivity contribution is -0.141. The fourth-order valence-corrected chi connectivity index (χ4v) is 2.05. The molecule has 0 amide bonds. The molecule has 10 heteroatoms. The number of nitrogens with one attached hydrogen (secondary N) is 2. The average Bonchev–Trinajstić information content (AvgIpc) is 2.49. The van der Waals surface area contributed by atoms with Gasteiger partial charge in [-0.1, -0.05) is 15.9 Å². The van der Waals surface area contributed by atoms with Crippen LogP contribution in [0.3, 0.4) is 0 Å². The van der Waals surface area contributed by atoms with Gasteiger partial charge in [0, 0.05) is 16.6 Å². The lowest BCUT2D eigenvalue weighted by atomic mass is 10.3. The number of anilines is 3. The third-order valence-electron chi connectivity index (χ3n) is 2.86. The number of hydrogen-bond donors (Lipinski definition) is 3. The van der Waals surface area contributed by atoms with Crippen molar-refractivity contribution < 1.29 is 22.7 Å². The van der Waals surface area contributed by atoms with Crippen molar-refractivity contribution in [3.8, 4) is 0 Å². The van der Waals surface area contributed by atoms with Crippen molar-refractivity contribution in [3.63, 3.8) is 0 Å². The standard InChI is InChI=1S/C14H13BrF4N4O/c1-7(6-24)20-13-22-11(14(17,18)19)5-12(23-13)21-10-3-2-8(15)4-9(10)16/h2-5,7,24H,6H2,1H3,(H2,20,21,22,23)/t7-/m0/s1. The average molecular weight is 409 g/mol. The molecule has 2 aromatic rings. The first kappa shape index (κ1) is 18.4. The summed E-state index contributed by atoms with van der Waals surface area (Å²) in [6.45, 7) is 1.23. The van der Waals surface area contributed by atoms with E-state index in [-0.39, 0.29) is 24.1 Å². The SMILES string of the molecule is C[C@@H](CO)Nc1nc(Nc2ccc(Br)cc2F)cc(C(F)(F)F)n1. The first-order valence-electron chi connectivity index (χ1n) is 6.75. The zero-order valence-corrected chi connectivity index (χ0v) is 13.9. The van der Waals surface area contributed by atoms with Crippen LogP contribution < -0.4 is 10.6 Å². The maximum atomic E-state index is 13.8. The predicted molar refractivity (Wildman–Crippen MR) is 84.6 cm³/mol. The highest BCUT2D eigenvalue weighted by atomic mass is 79.9. The summed E-state index contributed by atoms with van der Waals surface area (Å²) in [4.78, 5) is 7.24. The highest BCUT2D eigenvalue weighted by Gasteiger charge is 2.34. The van der Waals surface area contributed by atoms with Gasteiger partial charge in [0.05, 0.1) is 12.3 Å². The summed E-state index contributed by atoms with van der Waals surface area (Å²) in [6, 6.07) is 4.19. The Morgan fingerprint density at radius 3 is 2.54 bits per heavy atom. The van der Waals surface area contributed by atoms with Crippen molar-refractivity contribution >= 4 is 33.4 Å². The van der Waals surface area contributed by atoms with Crippen molar-refractivity contribution in [2.75, 3.05) is 17.2 Å². The highest BCUT2D eigenvalue weighted by molar-refractivity contribution is 9.10. The summed E-state index contributed by atoms with van der Waals surface area (Å²) in [6.07, 6.45) is -4.70. The lowest BCUT2D eigenvalue weighted by Crippen LogP contribution is -2.22. The van der Waals surface area contributed by atoms with E-state index in [1.165, 1.54) is 18.2 Å². The first-order chi connectivity index (χ1) is 11.2. The maximum Gasteiger partial charge on any atom is 0.433 e. The Balaban J connectivity index is 2.38. The normalized spacial score (nSPS) is 12.8. The molecule has 0 aliphatic heterocycles. The van der Waals surface area contributed by atoms with Crippen LogP contribution in [0, 0.1) is 5.82 Å². The van der Waals surface area contributed by atoms with Crippen molar-refractivity contribution in [2.24, 2.45) is 0 Å². The molecule has 3 N–H and O–H groups in total. The predicted octanol–water partition coefficient (Wildman–Crippen LogP) is 3.93. The molecule has 0 aliphatic rings. The van der Waals surface area contributed by atoms with Crippen LogP contribution >= 0.6 is 15.9 Å². The van der Waals surface area contributed by atoms with E-state index in [0.29, 0.717) is 10.5 Å². The second-order valence-electron chi connectivity index (χ2n) is 4.94. The van der Waals surface area contributed by atoms with Gasteiger partial charge < -0.3 is 15.7 Å². The van der Waals surface area contributed by atoms with E-state index in [0.717, 1.165) is 0 Å². The topological polar surface area (TPSA) is 70.1 Å². The van der Waals surface area contributed by atoms with Crippen LogP contribution in [0.25, 0.3) is 0 Å². The molecule has 1 atom stereocenters. The second kappa shape index (κ2) is 7.31. The fraction of sp³-hybridized carbons (Fsp3) is 0.286. The zero-order valence-electron chi connectivity index (χ0n) is 12.3. The van der Waals surface area contributed by atoms with Gasteiger partial charge in [0.15, 0.2) is 5.69 Å². The Hall–Kier alpha value is -1.94. The largest absolute Gasteiger partial charge is 0.433 e. The van der Waals surface area contributed by atoms with E-state index in [1.807, 2.05) is 0 Å². The first-order valence-corrected chi connectivity index (χ1v) is 7.54. The summed E-state index contributed by atoms with van der Waals surface area (Å²) in [5.74, 6) is -1.22. The minimum atomic E-state index is -4.70. The van der Waals surface area contributed by atoms with Crippen LogP contribution in [-0.4, -0.2) is 27.7 Å². The highest BCUT2D eigenvalue weighted by Crippen LogP contribution is 2.31. The molecule has 1 aromatic carbocycles. The number of aliphatic hydroxyl groups excluding tert-OH is 1. The number of benzene rings is 1. The number of halogens is 5. The molecule has 130 valence electrons. The number of alkyl halides is 3. The monoisotopic (exact) mass is 408 g/mol. The number of hydrogen-bond acceptors (Lipinski definition) is 5. The molecular weight excluding hydrogens is 396 g/mol. The minimum Gasteiger partial charge on any atom is -0.394 e. The van der Waals surface area contributed by atoms with E-state index >= 15 is 0 Å². The summed E-state index contributed by atoms with van der Waals surface area (Å²) in [5, 5.41) is 14.0. The van der Waals surface area contributed by atoms with Gasteiger partial charge in [0.2, 0.25) is 5.95 Å². The zero-order chi connectivity index (χ0) is 17.9. The van der Waals surface area contributed by atoms with Gasteiger partial charge in [0.1, 0.15) is 11.6 Å². The number of aliphatic hydroxyl groups is 1.